The number of hydrogen-bond donors (Lipinski definition) is 2. The fourth-order valence-corrected chi connectivity index (χ4v) is 2.99. The van der Waals surface area contributed by atoms with Gasteiger partial charge in [-0.3, -0.25) is 4.79 Å². The van der Waals surface area contributed by atoms with Crippen LogP contribution in [0.1, 0.15) is 39.0 Å². The van der Waals surface area contributed by atoms with Crippen molar-refractivity contribution in [2.75, 3.05) is 26.3 Å². The first kappa shape index (κ1) is 16.7. The third-order valence-corrected chi connectivity index (χ3v) is 4.29. The summed E-state index contributed by atoms with van der Waals surface area (Å²) in [6.45, 7) is 5.95. The lowest BCUT2D eigenvalue weighted by Gasteiger charge is -2.29. The molecule has 0 saturated carbocycles. The highest BCUT2D eigenvalue weighted by atomic mass is 35.5. The summed E-state index contributed by atoms with van der Waals surface area (Å²) in [5.41, 5.74) is 0. The van der Waals surface area contributed by atoms with Gasteiger partial charge in [-0.25, -0.2) is 0 Å². The number of carbonyl (C=O) groups excluding carboxylic acids is 1. The van der Waals surface area contributed by atoms with Crippen LogP contribution in [-0.4, -0.2) is 38.3 Å². The molecule has 5 heteroatoms. The van der Waals surface area contributed by atoms with Gasteiger partial charge < -0.3 is 15.4 Å². The highest BCUT2D eigenvalue weighted by Crippen LogP contribution is 2.20. The first-order chi connectivity index (χ1) is 8.75. The molecule has 0 bridgehead atoms. The smallest absolute Gasteiger partial charge is 0.220 e. The minimum atomic E-state index is 0. The number of piperidine rings is 1. The molecule has 4 nitrogen and oxygen atoms in total. The molecule has 0 aromatic heterocycles. The molecule has 0 aliphatic carbocycles. The number of hydrogen-bond acceptors (Lipinski definition) is 3. The van der Waals surface area contributed by atoms with Gasteiger partial charge in [0.1, 0.15) is 0 Å². The molecule has 2 fully saturated rings. The first-order valence-corrected chi connectivity index (χ1v) is 7.33. The van der Waals surface area contributed by atoms with Crippen molar-refractivity contribution in [3.63, 3.8) is 0 Å². The van der Waals surface area contributed by atoms with Crippen LogP contribution < -0.4 is 10.6 Å². The Balaban J connectivity index is 0.00000180. The molecule has 0 aromatic rings. The molecule has 1 atom stereocenters. The Hall–Kier alpha value is -0.320. The van der Waals surface area contributed by atoms with Gasteiger partial charge in [0.25, 0.3) is 0 Å². The summed E-state index contributed by atoms with van der Waals surface area (Å²) in [5.74, 6) is 1.41. The second-order valence-electron chi connectivity index (χ2n) is 5.70. The standard InChI is InChI=1S/C14H26N2O2.ClH/c1-11(13-4-8-18-9-5-13)16-14(17)10-12-2-6-15-7-3-12;/h11-13,15H,2-10H2,1H3,(H,16,17);1H. The SMILES string of the molecule is CC(NC(=O)CC1CCNCC1)C1CCOCC1.Cl. The van der Waals surface area contributed by atoms with Crippen LogP contribution in [0.15, 0.2) is 0 Å². The van der Waals surface area contributed by atoms with Gasteiger partial charge in [0.2, 0.25) is 5.91 Å². The topological polar surface area (TPSA) is 50.4 Å². The van der Waals surface area contributed by atoms with E-state index in [9.17, 15) is 4.79 Å². The van der Waals surface area contributed by atoms with Gasteiger partial charge in [-0.2, -0.15) is 0 Å². The maximum absolute atomic E-state index is 12.0. The Labute approximate surface area is 122 Å². The lowest BCUT2D eigenvalue weighted by molar-refractivity contribution is -0.123. The Kier molecular flexibility index (Phi) is 7.73. The van der Waals surface area contributed by atoms with Crippen LogP contribution in [0.5, 0.6) is 0 Å². The van der Waals surface area contributed by atoms with Crippen molar-refractivity contribution in [3.05, 3.63) is 0 Å². The number of nitrogens with one attached hydrogen (secondary N) is 2. The molecular formula is C14H27ClN2O2. The van der Waals surface area contributed by atoms with E-state index in [1.807, 2.05) is 0 Å². The maximum atomic E-state index is 12.0. The van der Waals surface area contributed by atoms with E-state index in [2.05, 4.69) is 17.6 Å². The fourth-order valence-electron chi connectivity index (χ4n) is 2.99. The highest BCUT2D eigenvalue weighted by Gasteiger charge is 2.23. The molecule has 2 aliphatic rings. The van der Waals surface area contributed by atoms with Gasteiger partial charge in [0.05, 0.1) is 0 Å². The number of halogens is 1. The summed E-state index contributed by atoms with van der Waals surface area (Å²) >= 11 is 0. The van der Waals surface area contributed by atoms with Gasteiger partial charge in [-0.05, 0) is 57.5 Å². The van der Waals surface area contributed by atoms with Crippen LogP contribution in [0.3, 0.4) is 0 Å². The third kappa shape index (κ3) is 5.67. The fraction of sp³-hybridized carbons (Fsp3) is 0.929. The molecule has 2 aliphatic heterocycles. The quantitative estimate of drug-likeness (QED) is 0.829. The zero-order valence-corrected chi connectivity index (χ0v) is 12.6. The van der Waals surface area contributed by atoms with Crippen LogP contribution >= 0.6 is 12.4 Å². The molecule has 0 spiro atoms. The average Bonchev–Trinajstić information content (AvgIpc) is 2.40. The van der Waals surface area contributed by atoms with Crippen LogP contribution in [0.25, 0.3) is 0 Å². The van der Waals surface area contributed by atoms with Crippen molar-refractivity contribution in [1.29, 1.82) is 0 Å². The Morgan fingerprint density at radius 2 is 1.89 bits per heavy atom. The molecule has 0 radical (unpaired) electrons. The van der Waals surface area contributed by atoms with Crippen molar-refractivity contribution in [3.8, 4) is 0 Å². The minimum absolute atomic E-state index is 0. The van der Waals surface area contributed by atoms with Crippen molar-refractivity contribution >= 4 is 18.3 Å². The summed E-state index contributed by atoms with van der Waals surface area (Å²) in [6.07, 6.45) is 5.14. The molecule has 2 heterocycles. The predicted octanol–water partition coefficient (Wildman–Crippen LogP) is 1.73. The van der Waals surface area contributed by atoms with Crippen molar-refractivity contribution < 1.29 is 9.53 Å². The molecule has 1 unspecified atom stereocenters. The number of rotatable bonds is 4. The van der Waals surface area contributed by atoms with Crippen LogP contribution in [-0.2, 0) is 9.53 Å². The van der Waals surface area contributed by atoms with Crippen molar-refractivity contribution in [2.24, 2.45) is 11.8 Å². The van der Waals surface area contributed by atoms with Crippen LogP contribution in [0.4, 0.5) is 0 Å². The average molecular weight is 291 g/mol. The molecule has 2 N–H and O–H groups in total. The van der Waals surface area contributed by atoms with E-state index < -0.39 is 0 Å². The van der Waals surface area contributed by atoms with Gasteiger partial charge in [-0.15, -0.1) is 12.4 Å². The number of carbonyl (C=O) groups is 1. The monoisotopic (exact) mass is 290 g/mol. The van der Waals surface area contributed by atoms with E-state index in [4.69, 9.17) is 4.74 Å². The number of ether oxygens (including phenoxy) is 1. The van der Waals surface area contributed by atoms with Crippen molar-refractivity contribution in [2.45, 2.75) is 45.1 Å². The predicted molar refractivity (Wildman–Crippen MR) is 78.6 cm³/mol. The van der Waals surface area contributed by atoms with E-state index in [0.717, 1.165) is 52.0 Å². The Morgan fingerprint density at radius 3 is 2.53 bits per heavy atom. The molecule has 19 heavy (non-hydrogen) atoms. The van der Waals surface area contributed by atoms with Crippen molar-refractivity contribution in [1.82, 2.24) is 10.6 Å². The number of amides is 1. The Morgan fingerprint density at radius 1 is 1.26 bits per heavy atom. The third-order valence-electron chi connectivity index (χ3n) is 4.29. The normalized spacial score (nSPS) is 23.4. The van der Waals surface area contributed by atoms with Gasteiger partial charge in [-0.1, -0.05) is 0 Å². The van der Waals surface area contributed by atoms with E-state index in [1.165, 1.54) is 0 Å². The zero-order chi connectivity index (χ0) is 12.8. The molecular weight excluding hydrogens is 264 g/mol. The van der Waals surface area contributed by atoms with E-state index >= 15 is 0 Å². The molecule has 1 amide bonds. The van der Waals surface area contributed by atoms with E-state index in [1.54, 1.807) is 0 Å². The summed E-state index contributed by atoms with van der Waals surface area (Å²) in [5, 5.41) is 6.52. The molecule has 112 valence electrons. The largest absolute Gasteiger partial charge is 0.381 e. The van der Waals surface area contributed by atoms with Gasteiger partial charge in [0, 0.05) is 25.7 Å². The minimum Gasteiger partial charge on any atom is -0.381 e. The summed E-state index contributed by atoms with van der Waals surface area (Å²) in [6, 6.07) is 0.295. The van der Waals surface area contributed by atoms with Crippen LogP contribution in [0, 0.1) is 11.8 Å². The van der Waals surface area contributed by atoms with Gasteiger partial charge >= 0.3 is 0 Å². The summed E-state index contributed by atoms with van der Waals surface area (Å²) in [4.78, 5) is 12.0. The summed E-state index contributed by atoms with van der Waals surface area (Å²) < 4.78 is 5.36. The second kappa shape index (κ2) is 8.77. The molecule has 0 aromatic carbocycles. The van der Waals surface area contributed by atoms with E-state index in [-0.39, 0.29) is 18.3 Å². The van der Waals surface area contributed by atoms with E-state index in [0.29, 0.717) is 24.3 Å². The van der Waals surface area contributed by atoms with Crippen LogP contribution in [0.2, 0.25) is 0 Å². The lowest BCUT2D eigenvalue weighted by atomic mass is 9.91. The Bertz CT molecular complexity index is 264. The zero-order valence-electron chi connectivity index (χ0n) is 11.8. The highest BCUT2D eigenvalue weighted by molar-refractivity contribution is 5.85. The lowest BCUT2D eigenvalue weighted by Crippen LogP contribution is -2.41. The summed E-state index contributed by atoms with van der Waals surface area (Å²) in [7, 11) is 0. The molecule has 2 rings (SSSR count). The maximum Gasteiger partial charge on any atom is 0.220 e. The van der Waals surface area contributed by atoms with Gasteiger partial charge in [0.15, 0.2) is 0 Å². The first-order valence-electron chi connectivity index (χ1n) is 7.33. The molecule has 2 saturated heterocycles. The second-order valence-corrected chi connectivity index (χ2v) is 5.70.